The van der Waals surface area contributed by atoms with Crippen LogP contribution in [-0.4, -0.2) is 31.4 Å². The monoisotopic (exact) mass is 622 g/mol. The van der Waals surface area contributed by atoms with Gasteiger partial charge in [0.05, 0.1) is 16.9 Å². The average Bonchev–Trinajstić information content (AvgIpc) is 3.15. The first-order valence-corrected chi connectivity index (χ1v) is 15.6. The van der Waals surface area contributed by atoms with Gasteiger partial charge in [-0.3, -0.25) is 5.41 Å². The van der Waals surface area contributed by atoms with Gasteiger partial charge in [0.15, 0.2) is 17.5 Å². The fraction of sp³-hybridized carbons (Fsp3) is 0. The Hall–Kier alpha value is -6.05. The number of benzene rings is 5. The molecule has 0 aliphatic heterocycles. The van der Waals surface area contributed by atoms with Gasteiger partial charge in [0.2, 0.25) is 0 Å². The predicted molar refractivity (Wildman–Crippen MR) is 194 cm³/mol. The molecule has 7 heteroatoms. The molecule has 7 aromatic rings. The number of pyridine rings is 1. The highest BCUT2D eigenvalue weighted by Gasteiger charge is 2.28. The van der Waals surface area contributed by atoms with Gasteiger partial charge in [0, 0.05) is 44.3 Å². The molecular weight excluding hydrogens is 597 g/mol. The van der Waals surface area contributed by atoms with E-state index in [-0.39, 0.29) is 0 Å². The number of rotatable bonds is 5. The third-order valence-corrected chi connectivity index (χ3v) is 8.46. The average molecular weight is 623 g/mol. The van der Waals surface area contributed by atoms with Crippen molar-refractivity contribution in [3.05, 3.63) is 156 Å². The van der Waals surface area contributed by atoms with E-state index < -0.39 is 0 Å². The molecule has 5 aromatic carbocycles. The summed E-state index contributed by atoms with van der Waals surface area (Å²) in [5.41, 5.74) is 9.53. The zero-order chi connectivity index (χ0) is 31.7. The second-order valence-electron chi connectivity index (χ2n) is 11.1. The number of thiol groups is 1. The lowest BCUT2D eigenvalue weighted by Crippen LogP contribution is -2.22. The molecule has 2 aromatic heterocycles. The van der Waals surface area contributed by atoms with Gasteiger partial charge in [0.25, 0.3) is 0 Å². The van der Waals surface area contributed by atoms with Gasteiger partial charge in [-0.25, -0.2) is 24.3 Å². The molecular formula is C40H26N6S. The Bertz CT molecular complexity index is 2290. The van der Waals surface area contributed by atoms with Crippen molar-refractivity contribution in [3.63, 3.8) is 0 Å². The van der Waals surface area contributed by atoms with Crippen LogP contribution in [0.15, 0.2) is 144 Å². The van der Waals surface area contributed by atoms with Gasteiger partial charge in [-0.15, -0.1) is 0 Å². The van der Waals surface area contributed by atoms with Crippen molar-refractivity contribution in [2.24, 2.45) is 4.40 Å². The van der Waals surface area contributed by atoms with Crippen LogP contribution in [0.2, 0.25) is 0 Å². The Labute approximate surface area is 277 Å². The zero-order valence-electron chi connectivity index (χ0n) is 25.0. The maximum atomic E-state index is 9.28. The van der Waals surface area contributed by atoms with Crippen LogP contribution >= 0.6 is 12.8 Å². The van der Waals surface area contributed by atoms with E-state index in [2.05, 4.69) is 35.4 Å². The van der Waals surface area contributed by atoms with Crippen molar-refractivity contribution in [1.82, 2.24) is 19.9 Å². The largest absolute Gasteiger partial charge is 0.298 e. The van der Waals surface area contributed by atoms with Crippen molar-refractivity contribution < 1.29 is 0 Å². The van der Waals surface area contributed by atoms with Crippen LogP contribution in [0.5, 0.6) is 0 Å². The van der Waals surface area contributed by atoms with Gasteiger partial charge in [-0.2, -0.15) is 0 Å². The number of hydrogen-bond donors (Lipinski definition) is 2. The van der Waals surface area contributed by atoms with Gasteiger partial charge in [-0.1, -0.05) is 133 Å². The fourth-order valence-electron chi connectivity index (χ4n) is 5.97. The van der Waals surface area contributed by atoms with Crippen LogP contribution in [0.25, 0.3) is 68.0 Å². The van der Waals surface area contributed by atoms with Gasteiger partial charge in [-0.05, 0) is 30.5 Å². The minimum absolute atomic E-state index is 0.300. The fourth-order valence-corrected chi connectivity index (χ4v) is 6.17. The van der Waals surface area contributed by atoms with Crippen LogP contribution in [0.1, 0.15) is 16.7 Å². The number of aromatic nitrogens is 4. The quantitative estimate of drug-likeness (QED) is 0.187. The van der Waals surface area contributed by atoms with Gasteiger partial charge >= 0.3 is 0 Å². The molecule has 0 amide bonds. The summed E-state index contributed by atoms with van der Waals surface area (Å²) in [5.74, 6) is 1.78. The van der Waals surface area contributed by atoms with Crippen LogP contribution in [0, 0.1) is 5.41 Å². The molecule has 2 heterocycles. The minimum atomic E-state index is 0.300. The number of allylic oxidation sites excluding steroid dienone is 1. The lowest BCUT2D eigenvalue weighted by atomic mass is 9.82. The van der Waals surface area contributed by atoms with Crippen LogP contribution in [0.4, 0.5) is 0 Å². The molecule has 8 rings (SSSR count). The van der Waals surface area contributed by atoms with Crippen LogP contribution in [-0.2, 0) is 0 Å². The van der Waals surface area contributed by atoms with Crippen LogP contribution < -0.4 is 0 Å². The summed E-state index contributed by atoms with van der Waals surface area (Å²) in [6.07, 6.45) is 2.06. The van der Waals surface area contributed by atoms with E-state index in [0.29, 0.717) is 28.9 Å². The van der Waals surface area contributed by atoms with Gasteiger partial charge < -0.3 is 0 Å². The van der Waals surface area contributed by atoms with E-state index in [1.165, 1.54) is 0 Å². The number of hydrogen-bond acceptors (Lipinski definition) is 7. The summed E-state index contributed by atoms with van der Waals surface area (Å²) < 4.78 is 4.36. The smallest absolute Gasteiger partial charge is 0.164 e. The zero-order valence-corrected chi connectivity index (χ0v) is 25.9. The lowest BCUT2D eigenvalue weighted by Gasteiger charge is -2.23. The van der Waals surface area contributed by atoms with Crippen molar-refractivity contribution in [3.8, 4) is 45.4 Å². The Morgan fingerprint density at radius 3 is 1.51 bits per heavy atom. The Balaban J connectivity index is 1.26. The first-order valence-electron chi connectivity index (χ1n) is 15.2. The van der Waals surface area contributed by atoms with E-state index in [9.17, 15) is 5.41 Å². The SMILES string of the molecule is N=C1C(c2ccc(-c3nc(-c4ccccc4)nc(-c4ccccc4)n3)cc2)=Cc2c(-c3ccccc3)nc3ccccc3c2/C1=N/S. The first kappa shape index (κ1) is 28.4. The van der Waals surface area contributed by atoms with E-state index in [1.807, 2.05) is 127 Å². The summed E-state index contributed by atoms with van der Waals surface area (Å²) in [5, 5.41) is 10.2. The van der Waals surface area contributed by atoms with Crippen molar-refractivity contribution in [2.45, 2.75) is 0 Å². The molecule has 1 aliphatic rings. The summed E-state index contributed by atoms with van der Waals surface area (Å²) in [4.78, 5) is 19.6. The topological polar surface area (TPSA) is 87.8 Å². The molecule has 0 fully saturated rings. The van der Waals surface area contributed by atoms with Crippen molar-refractivity contribution in [2.75, 3.05) is 0 Å². The van der Waals surface area contributed by atoms with E-state index in [4.69, 9.17) is 19.9 Å². The first-order chi connectivity index (χ1) is 23.2. The normalized spacial score (nSPS) is 13.4. The molecule has 47 heavy (non-hydrogen) atoms. The molecule has 0 spiro atoms. The molecule has 0 saturated carbocycles. The second kappa shape index (κ2) is 12.0. The third kappa shape index (κ3) is 5.22. The van der Waals surface area contributed by atoms with Crippen molar-refractivity contribution >= 4 is 46.8 Å². The number of nitrogens with zero attached hydrogens (tertiary/aromatic N) is 5. The van der Waals surface area contributed by atoms with Gasteiger partial charge in [0.1, 0.15) is 5.71 Å². The maximum Gasteiger partial charge on any atom is 0.164 e. The molecule has 6 nitrogen and oxygen atoms in total. The number of nitrogens with one attached hydrogen (secondary N) is 1. The summed E-state index contributed by atoms with van der Waals surface area (Å²) in [6.45, 7) is 0. The van der Waals surface area contributed by atoms with E-state index in [0.717, 1.165) is 61.1 Å². The maximum absolute atomic E-state index is 9.28. The molecule has 222 valence electrons. The van der Waals surface area contributed by atoms with E-state index in [1.54, 1.807) is 0 Å². The summed E-state index contributed by atoms with van der Waals surface area (Å²) >= 11 is 4.37. The van der Waals surface area contributed by atoms with E-state index >= 15 is 0 Å². The summed E-state index contributed by atoms with van der Waals surface area (Å²) in [7, 11) is 0. The highest BCUT2D eigenvalue weighted by molar-refractivity contribution is 7.79. The minimum Gasteiger partial charge on any atom is -0.298 e. The Kier molecular flexibility index (Phi) is 7.28. The lowest BCUT2D eigenvalue weighted by molar-refractivity contribution is 1.07. The molecule has 0 bridgehead atoms. The third-order valence-electron chi connectivity index (χ3n) is 8.26. The second-order valence-corrected chi connectivity index (χ2v) is 11.3. The summed E-state index contributed by atoms with van der Waals surface area (Å²) in [6, 6.07) is 45.9. The van der Waals surface area contributed by atoms with Crippen molar-refractivity contribution in [1.29, 1.82) is 5.41 Å². The molecule has 1 N–H and O–H groups in total. The Morgan fingerprint density at radius 1 is 0.489 bits per heavy atom. The Morgan fingerprint density at radius 2 is 0.957 bits per heavy atom. The predicted octanol–water partition coefficient (Wildman–Crippen LogP) is 9.30. The molecule has 0 atom stereocenters. The molecule has 0 radical (unpaired) electrons. The number of fused-ring (bicyclic) bond motifs is 3. The molecule has 0 unspecified atom stereocenters. The number of para-hydroxylation sites is 1. The highest BCUT2D eigenvalue weighted by Crippen LogP contribution is 2.38. The van der Waals surface area contributed by atoms with Crippen LogP contribution in [0.3, 0.4) is 0 Å². The molecule has 1 aliphatic carbocycles. The standard InChI is InChI=1S/C40H26N6S/c41-35-31(24-32-34(37(35)46-47)30-18-10-11-19-33(30)42-36(32)26-12-4-1-5-13-26)25-20-22-29(23-21-25)40-44-38(27-14-6-2-7-15-27)43-39(45-40)28-16-8-3-9-17-28/h1-24,41,47H/b41-35?,46-37-. The highest BCUT2D eigenvalue weighted by atomic mass is 32.1. The molecule has 0 saturated heterocycles.